The van der Waals surface area contributed by atoms with Crippen molar-refractivity contribution in [1.29, 1.82) is 0 Å². The smallest absolute Gasteiger partial charge is 0.0438 e. The van der Waals surface area contributed by atoms with Gasteiger partial charge in [0.25, 0.3) is 0 Å². The van der Waals surface area contributed by atoms with E-state index in [-0.39, 0.29) is 5.54 Å². The zero-order chi connectivity index (χ0) is 14.0. The summed E-state index contributed by atoms with van der Waals surface area (Å²) < 4.78 is 0. The molecule has 1 aliphatic carbocycles. The summed E-state index contributed by atoms with van der Waals surface area (Å²) >= 11 is 6.14. The van der Waals surface area contributed by atoms with Crippen LogP contribution in [0.4, 0.5) is 0 Å². The predicted molar refractivity (Wildman–Crippen MR) is 82.2 cm³/mol. The highest BCUT2D eigenvalue weighted by molar-refractivity contribution is 6.31. The molecule has 2 N–H and O–H groups in total. The first-order valence-corrected chi connectivity index (χ1v) is 7.23. The second-order valence-corrected chi connectivity index (χ2v) is 6.62. The van der Waals surface area contributed by atoms with E-state index in [1.165, 1.54) is 22.5 Å². The average Bonchev–Trinajstić information content (AvgIpc) is 2.29. The monoisotopic (exact) mass is 278 g/mol. The Morgan fingerprint density at radius 3 is 2.42 bits per heavy atom. The molecule has 0 heterocycles. The number of hydrogen-bond donors (Lipinski definition) is 2. The Kier molecular flexibility index (Phi) is 4.10. The molecule has 0 aliphatic heterocycles. The van der Waals surface area contributed by atoms with Crippen molar-refractivity contribution in [2.24, 2.45) is 0 Å². The molecule has 19 heavy (non-hydrogen) atoms. The molecule has 0 spiro atoms. The lowest BCUT2D eigenvalue weighted by Crippen LogP contribution is -2.40. The fraction of sp³-hybridized carbons (Fsp3) is 0.500. The number of halogens is 1. The van der Waals surface area contributed by atoms with Gasteiger partial charge in [0.05, 0.1) is 0 Å². The maximum absolute atomic E-state index is 6.14. The maximum Gasteiger partial charge on any atom is 0.0438 e. The van der Waals surface area contributed by atoms with Crippen molar-refractivity contribution in [3.63, 3.8) is 0 Å². The van der Waals surface area contributed by atoms with Gasteiger partial charge in [0, 0.05) is 28.5 Å². The van der Waals surface area contributed by atoms with Crippen LogP contribution in [0.15, 0.2) is 29.6 Å². The van der Waals surface area contributed by atoms with Gasteiger partial charge in [-0.15, -0.1) is 0 Å². The number of benzene rings is 1. The Bertz CT molecular complexity index is 498. The Labute approximate surface area is 121 Å². The maximum atomic E-state index is 6.14. The second-order valence-electron chi connectivity index (χ2n) is 6.21. The van der Waals surface area contributed by atoms with Gasteiger partial charge in [-0.25, -0.2) is 0 Å². The lowest BCUT2D eigenvalue weighted by atomic mass is 9.97. The summed E-state index contributed by atoms with van der Waals surface area (Å²) in [5.74, 6) is 0. The minimum absolute atomic E-state index is 0.134. The van der Waals surface area contributed by atoms with E-state index in [2.05, 4.69) is 44.4 Å². The molecule has 0 saturated carbocycles. The third-order valence-electron chi connectivity index (χ3n) is 3.39. The van der Waals surface area contributed by atoms with Crippen LogP contribution in [0.1, 0.15) is 44.7 Å². The molecule has 0 fully saturated rings. The number of hydrogen-bond acceptors (Lipinski definition) is 2. The van der Waals surface area contributed by atoms with E-state index < -0.39 is 0 Å². The molecule has 0 aromatic heterocycles. The molecule has 0 saturated heterocycles. The summed E-state index contributed by atoms with van der Waals surface area (Å²) in [6.07, 6.45) is 2.28. The zero-order valence-electron chi connectivity index (χ0n) is 12.2. The molecule has 1 aromatic rings. The minimum atomic E-state index is 0.134. The first-order valence-electron chi connectivity index (χ1n) is 6.85. The molecule has 0 atom stereocenters. The number of allylic oxidation sites excluding steroid dienone is 2. The van der Waals surface area contributed by atoms with Crippen molar-refractivity contribution in [3.8, 4) is 0 Å². The fourth-order valence-electron chi connectivity index (χ4n) is 2.21. The van der Waals surface area contributed by atoms with Crippen LogP contribution in [0, 0.1) is 6.92 Å². The van der Waals surface area contributed by atoms with Crippen LogP contribution in [0.5, 0.6) is 0 Å². The van der Waals surface area contributed by atoms with E-state index in [0.29, 0.717) is 0 Å². The SMILES string of the molecule is Cc1c(Cl)cccc1CNC1=C(NC(C)(C)C)CC1. The van der Waals surface area contributed by atoms with Crippen LogP contribution in [-0.2, 0) is 6.54 Å². The van der Waals surface area contributed by atoms with Crippen LogP contribution < -0.4 is 10.6 Å². The average molecular weight is 279 g/mol. The van der Waals surface area contributed by atoms with Crippen molar-refractivity contribution >= 4 is 11.6 Å². The second kappa shape index (κ2) is 5.46. The van der Waals surface area contributed by atoms with Gasteiger partial charge in [0.2, 0.25) is 0 Å². The Hall–Kier alpha value is -1.15. The first kappa shape index (κ1) is 14.3. The third-order valence-corrected chi connectivity index (χ3v) is 3.80. The van der Waals surface area contributed by atoms with E-state index in [1.807, 2.05) is 12.1 Å². The Morgan fingerprint density at radius 2 is 1.84 bits per heavy atom. The van der Waals surface area contributed by atoms with Gasteiger partial charge in [-0.05, 0) is 57.7 Å². The topological polar surface area (TPSA) is 24.1 Å². The zero-order valence-corrected chi connectivity index (χ0v) is 13.0. The lowest BCUT2D eigenvalue weighted by Gasteiger charge is -2.32. The van der Waals surface area contributed by atoms with E-state index >= 15 is 0 Å². The van der Waals surface area contributed by atoms with Crippen LogP contribution >= 0.6 is 11.6 Å². The molecule has 0 amide bonds. The summed E-state index contributed by atoms with van der Waals surface area (Å²) in [4.78, 5) is 0. The molecule has 2 nitrogen and oxygen atoms in total. The molecule has 0 radical (unpaired) electrons. The summed E-state index contributed by atoms with van der Waals surface area (Å²) in [5.41, 5.74) is 5.26. The van der Waals surface area contributed by atoms with Gasteiger partial charge in [0.15, 0.2) is 0 Å². The fourth-order valence-corrected chi connectivity index (χ4v) is 2.40. The predicted octanol–water partition coefficient (Wildman–Crippen LogP) is 4.13. The largest absolute Gasteiger partial charge is 0.383 e. The van der Waals surface area contributed by atoms with E-state index in [1.54, 1.807) is 0 Å². The highest BCUT2D eigenvalue weighted by Gasteiger charge is 2.21. The highest BCUT2D eigenvalue weighted by atomic mass is 35.5. The van der Waals surface area contributed by atoms with E-state index in [9.17, 15) is 0 Å². The Balaban J connectivity index is 2.00. The van der Waals surface area contributed by atoms with Gasteiger partial charge in [-0.1, -0.05) is 23.7 Å². The molecular formula is C16H23ClN2. The molecular weight excluding hydrogens is 256 g/mol. The van der Waals surface area contributed by atoms with Crippen molar-refractivity contribution in [2.75, 3.05) is 0 Å². The molecule has 0 unspecified atom stereocenters. The molecule has 3 heteroatoms. The van der Waals surface area contributed by atoms with Crippen LogP contribution in [-0.4, -0.2) is 5.54 Å². The molecule has 1 aliphatic rings. The number of nitrogens with one attached hydrogen (secondary N) is 2. The van der Waals surface area contributed by atoms with Crippen molar-refractivity contribution < 1.29 is 0 Å². The van der Waals surface area contributed by atoms with Crippen molar-refractivity contribution in [3.05, 3.63) is 45.7 Å². The molecule has 2 rings (SSSR count). The normalized spacial score (nSPS) is 15.2. The summed E-state index contributed by atoms with van der Waals surface area (Å²) in [6, 6.07) is 6.08. The molecule has 1 aromatic carbocycles. The quantitative estimate of drug-likeness (QED) is 0.865. The van der Waals surface area contributed by atoms with E-state index in [4.69, 9.17) is 11.6 Å². The number of rotatable bonds is 4. The summed E-state index contributed by atoms with van der Waals surface area (Å²) in [7, 11) is 0. The van der Waals surface area contributed by atoms with Gasteiger partial charge in [0.1, 0.15) is 0 Å². The van der Waals surface area contributed by atoms with Crippen LogP contribution in [0.2, 0.25) is 5.02 Å². The molecule has 0 bridgehead atoms. The first-order chi connectivity index (χ1) is 8.87. The Morgan fingerprint density at radius 1 is 1.16 bits per heavy atom. The lowest BCUT2D eigenvalue weighted by molar-refractivity contribution is 0.436. The van der Waals surface area contributed by atoms with E-state index in [0.717, 1.165) is 24.4 Å². The van der Waals surface area contributed by atoms with Crippen LogP contribution in [0.25, 0.3) is 0 Å². The summed E-state index contributed by atoms with van der Waals surface area (Å²) in [6.45, 7) is 9.49. The van der Waals surface area contributed by atoms with Gasteiger partial charge in [-0.2, -0.15) is 0 Å². The minimum Gasteiger partial charge on any atom is -0.383 e. The third kappa shape index (κ3) is 3.66. The van der Waals surface area contributed by atoms with Crippen molar-refractivity contribution in [1.82, 2.24) is 10.6 Å². The van der Waals surface area contributed by atoms with Crippen molar-refractivity contribution in [2.45, 2.75) is 52.6 Å². The van der Waals surface area contributed by atoms with Gasteiger partial charge < -0.3 is 10.6 Å². The van der Waals surface area contributed by atoms with Gasteiger partial charge >= 0.3 is 0 Å². The summed E-state index contributed by atoms with van der Waals surface area (Å²) in [5, 5.41) is 7.94. The van der Waals surface area contributed by atoms with Crippen LogP contribution in [0.3, 0.4) is 0 Å². The van der Waals surface area contributed by atoms with Gasteiger partial charge in [-0.3, -0.25) is 0 Å². The molecule has 104 valence electrons. The standard InChI is InChI=1S/C16H23ClN2/c1-11-12(6-5-7-13(11)17)10-18-14-8-9-15(14)19-16(2,3)4/h5-7,18-19H,8-10H2,1-4H3. The highest BCUT2D eigenvalue weighted by Crippen LogP contribution is 2.26.